The van der Waals surface area contributed by atoms with Crippen LogP contribution in [-0.4, -0.2) is 30.8 Å². The van der Waals surface area contributed by atoms with Gasteiger partial charge in [0.1, 0.15) is 10.8 Å². The van der Waals surface area contributed by atoms with Crippen LogP contribution in [0.2, 0.25) is 0 Å². The van der Waals surface area contributed by atoms with Crippen LogP contribution in [0.3, 0.4) is 0 Å². The van der Waals surface area contributed by atoms with Crippen molar-refractivity contribution in [3.8, 4) is 5.75 Å². The van der Waals surface area contributed by atoms with Gasteiger partial charge < -0.3 is 15.4 Å². The Morgan fingerprint density at radius 3 is 2.30 bits per heavy atom. The van der Waals surface area contributed by atoms with Gasteiger partial charge in [0, 0.05) is 18.5 Å². The maximum absolute atomic E-state index is 12.1. The van der Waals surface area contributed by atoms with Crippen LogP contribution in [0.15, 0.2) is 29.3 Å². The van der Waals surface area contributed by atoms with Crippen molar-refractivity contribution in [3.05, 3.63) is 45.4 Å². The molecule has 1 aromatic carbocycles. The molecule has 10 heteroatoms. The minimum atomic E-state index is -4.34. The summed E-state index contributed by atoms with van der Waals surface area (Å²) in [5.41, 5.74) is 1.93. The van der Waals surface area contributed by atoms with E-state index in [2.05, 4.69) is 25.3 Å². The fourth-order valence-electron chi connectivity index (χ4n) is 2.05. The summed E-state index contributed by atoms with van der Waals surface area (Å²) in [5, 5.41) is 7.31. The van der Waals surface area contributed by atoms with Crippen LogP contribution in [0, 0.1) is 13.8 Å². The van der Waals surface area contributed by atoms with Crippen LogP contribution in [-0.2, 0) is 13.1 Å². The Labute approximate surface area is 177 Å². The Balaban J connectivity index is 0.00000364. The molecule has 0 aliphatic carbocycles. The maximum Gasteiger partial charge on any atom is 0.422 e. The van der Waals surface area contributed by atoms with Crippen molar-refractivity contribution in [1.29, 1.82) is 0 Å². The first-order valence-electron chi connectivity index (χ1n) is 7.93. The number of halogens is 4. The van der Waals surface area contributed by atoms with Crippen molar-refractivity contribution in [2.75, 3.05) is 13.7 Å². The van der Waals surface area contributed by atoms with Crippen LogP contribution >= 0.6 is 35.3 Å². The van der Waals surface area contributed by atoms with Gasteiger partial charge in [-0.25, -0.2) is 4.98 Å². The molecule has 0 spiro atoms. The first kappa shape index (κ1) is 23.5. The molecule has 0 bridgehead atoms. The summed E-state index contributed by atoms with van der Waals surface area (Å²) in [6.45, 7) is 3.77. The van der Waals surface area contributed by atoms with Gasteiger partial charge in [-0.2, -0.15) is 13.2 Å². The summed E-state index contributed by atoms with van der Waals surface area (Å²) in [6.07, 6.45) is -4.34. The second-order valence-electron chi connectivity index (χ2n) is 5.58. The molecule has 5 nitrogen and oxygen atoms in total. The molecule has 0 amide bonds. The fourth-order valence-corrected chi connectivity index (χ4v) is 2.92. The zero-order chi connectivity index (χ0) is 19.2. The van der Waals surface area contributed by atoms with Crippen molar-refractivity contribution >= 4 is 41.3 Å². The van der Waals surface area contributed by atoms with Crippen LogP contribution in [0.1, 0.15) is 21.1 Å². The maximum atomic E-state index is 12.1. The van der Waals surface area contributed by atoms with E-state index < -0.39 is 12.8 Å². The van der Waals surface area contributed by atoms with Gasteiger partial charge in [0.05, 0.1) is 12.2 Å². The van der Waals surface area contributed by atoms with E-state index in [4.69, 9.17) is 0 Å². The molecule has 0 fully saturated rings. The lowest BCUT2D eigenvalue weighted by molar-refractivity contribution is -0.153. The number of ether oxygens (including phenoxy) is 1. The quantitative estimate of drug-likeness (QED) is 0.345. The number of guanidine groups is 1. The highest BCUT2D eigenvalue weighted by atomic mass is 127. The zero-order valence-corrected chi connectivity index (χ0v) is 18.3. The predicted molar refractivity (Wildman–Crippen MR) is 112 cm³/mol. The highest BCUT2D eigenvalue weighted by molar-refractivity contribution is 14.0. The lowest BCUT2D eigenvalue weighted by atomic mass is 10.2. The number of hydrogen-bond acceptors (Lipinski definition) is 4. The van der Waals surface area contributed by atoms with Crippen LogP contribution in [0.25, 0.3) is 0 Å². The van der Waals surface area contributed by atoms with Crippen molar-refractivity contribution in [2.45, 2.75) is 33.1 Å². The van der Waals surface area contributed by atoms with Crippen LogP contribution in [0.5, 0.6) is 5.75 Å². The third-order valence-corrected chi connectivity index (χ3v) is 4.56. The lowest BCUT2D eigenvalue weighted by Gasteiger charge is -2.12. The van der Waals surface area contributed by atoms with E-state index in [-0.39, 0.29) is 29.7 Å². The molecule has 0 atom stereocenters. The van der Waals surface area contributed by atoms with Crippen molar-refractivity contribution in [3.63, 3.8) is 0 Å². The Bertz CT molecular complexity index is 728. The van der Waals surface area contributed by atoms with E-state index in [1.54, 1.807) is 30.5 Å². The minimum absolute atomic E-state index is 0. The van der Waals surface area contributed by atoms with Gasteiger partial charge in [-0.15, -0.1) is 35.3 Å². The molecule has 0 radical (unpaired) electrons. The monoisotopic (exact) mass is 514 g/mol. The van der Waals surface area contributed by atoms with Crippen molar-refractivity contribution < 1.29 is 17.9 Å². The molecule has 2 rings (SSSR count). The number of hydrogen-bond donors (Lipinski definition) is 2. The first-order chi connectivity index (χ1) is 12.3. The molecule has 1 aromatic heterocycles. The second-order valence-corrected chi connectivity index (χ2v) is 6.86. The smallest absolute Gasteiger partial charge is 0.422 e. The predicted octanol–water partition coefficient (Wildman–Crippen LogP) is 4.18. The molecule has 0 aliphatic rings. The number of aromatic nitrogens is 1. The van der Waals surface area contributed by atoms with E-state index in [1.807, 2.05) is 13.8 Å². The normalized spacial score (nSPS) is 11.7. The molecule has 2 aromatic rings. The fraction of sp³-hybridized carbons (Fsp3) is 0.412. The van der Waals surface area contributed by atoms with E-state index in [1.165, 1.54) is 17.0 Å². The number of thiazole rings is 1. The Morgan fingerprint density at radius 1 is 1.15 bits per heavy atom. The molecular formula is C17H22F3IN4OS. The Kier molecular flexibility index (Phi) is 9.30. The SMILES string of the molecule is CN=C(NCc1ccc(OCC(F)(F)F)cc1)NCc1nc(C)c(C)s1.I. The van der Waals surface area contributed by atoms with Gasteiger partial charge in [0.15, 0.2) is 12.6 Å². The minimum Gasteiger partial charge on any atom is -0.484 e. The molecule has 150 valence electrons. The molecule has 2 N–H and O–H groups in total. The highest BCUT2D eigenvalue weighted by Gasteiger charge is 2.28. The largest absolute Gasteiger partial charge is 0.484 e. The molecule has 0 saturated carbocycles. The average Bonchev–Trinajstić information content (AvgIpc) is 2.91. The van der Waals surface area contributed by atoms with Crippen molar-refractivity contribution in [2.24, 2.45) is 4.99 Å². The van der Waals surface area contributed by atoms with E-state index in [0.717, 1.165) is 16.3 Å². The highest BCUT2D eigenvalue weighted by Crippen LogP contribution is 2.19. The summed E-state index contributed by atoms with van der Waals surface area (Å²) in [7, 11) is 1.67. The second kappa shape index (κ2) is 10.7. The molecule has 0 aliphatic heterocycles. The number of alkyl halides is 3. The summed E-state index contributed by atoms with van der Waals surface area (Å²) < 4.78 is 41.1. The summed E-state index contributed by atoms with van der Waals surface area (Å²) in [5.74, 6) is 0.802. The van der Waals surface area contributed by atoms with Gasteiger partial charge in [-0.1, -0.05) is 12.1 Å². The summed E-state index contributed by atoms with van der Waals surface area (Å²) in [4.78, 5) is 9.79. The molecule has 1 heterocycles. The van der Waals surface area contributed by atoms with Gasteiger partial charge in [0.2, 0.25) is 0 Å². The topological polar surface area (TPSA) is 58.5 Å². The molecule has 27 heavy (non-hydrogen) atoms. The lowest BCUT2D eigenvalue weighted by Crippen LogP contribution is -2.36. The van der Waals surface area contributed by atoms with Crippen molar-refractivity contribution in [1.82, 2.24) is 15.6 Å². The van der Waals surface area contributed by atoms with E-state index in [9.17, 15) is 13.2 Å². The van der Waals surface area contributed by atoms with Crippen LogP contribution < -0.4 is 15.4 Å². The van der Waals surface area contributed by atoms with Gasteiger partial charge >= 0.3 is 6.18 Å². The number of nitrogens with one attached hydrogen (secondary N) is 2. The number of aryl methyl sites for hydroxylation is 2. The zero-order valence-electron chi connectivity index (χ0n) is 15.2. The number of benzene rings is 1. The van der Waals surface area contributed by atoms with E-state index in [0.29, 0.717) is 19.0 Å². The summed E-state index contributed by atoms with van der Waals surface area (Å²) in [6, 6.07) is 6.44. The van der Waals surface area contributed by atoms with E-state index >= 15 is 0 Å². The number of nitrogens with zero attached hydrogens (tertiary/aromatic N) is 2. The molecular weight excluding hydrogens is 492 g/mol. The number of aliphatic imine (C=N–C) groups is 1. The number of rotatable bonds is 6. The Hall–Kier alpha value is -1.56. The third kappa shape index (κ3) is 8.33. The van der Waals surface area contributed by atoms with Crippen LogP contribution in [0.4, 0.5) is 13.2 Å². The first-order valence-corrected chi connectivity index (χ1v) is 8.74. The van der Waals surface area contributed by atoms with Gasteiger partial charge in [-0.3, -0.25) is 4.99 Å². The molecule has 0 saturated heterocycles. The standard InChI is InChI=1S/C17H21F3N4OS.HI/c1-11-12(2)26-15(24-11)9-23-16(21-3)22-8-13-4-6-14(7-5-13)25-10-17(18,19)20;/h4-7H,8-10H2,1-3H3,(H2,21,22,23);1H. The third-order valence-electron chi connectivity index (χ3n) is 3.49. The van der Waals surface area contributed by atoms with Gasteiger partial charge in [-0.05, 0) is 31.5 Å². The molecule has 0 unspecified atom stereocenters. The Morgan fingerprint density at radius 2 is 1.78 bits per heavy atom. The summed E-state index contributed by atoms with van der Waals surface area (Å²) >= 11 is 1.64. The average molecular weight is 514 g/mol. The van der Waals surface area contributed by atoms with Gasteiger partial charge in [0.25, 0.3) is 0 Å².